The van der Waals surface area contributed by atoms with Crippen LogP contribution in [0.3, 0.4) is 0 Å². The van der Waals surface area contributed by atoms with Crippen molar-refractivity contribution in [2.45, 2.75) is 45.1 Å². The number of anilines is 1. The molecule has 2 N–H and O–H groups in total. The van der Waals surface area contributed by atoms with E-state index in [9.17, 15) is 4.79 Å². The Morgan fingerprint density at radius 1 is 1.25 bits per heavy atom. The predicted molar refractivity (Wildman–Crippen MR) is 77.5 cm³/mol. The lowest BCUT2D eigenvalue weighted by Gasteiger charge is -2.17. The maximum absolute atomic E-state index is 12.2. The quantitative estimate of drug-likeness (QED) is 0.800. The monoisotopic (exact) mass is 274 g/mol. The number of carbonyl (C=O) groups excluding carboxylic acids is 1. The Hall–Kier alpha value is -1.65. The van der Waals surface area contributed by atoms with Gasteiger partial charge in [0.2, 0.25) is 0 Å². The summed E-state index contributed by atoms with van der Waals surface area (Å²) in [6, 6.07) is 3.93. The van der Waals surface area contributed by atoms with E-state index in [1.165, 1.54) is 25.7 Å². The van der Waals surface area contributed by atoms with Gasteiger partial charge in [-0.15, -0.1) is 10.2 Å². The highest BCUT2D eigenvalue weighted by molar-refractivity contribution is 5.92. The van der Waals surface area contributed by atoms with Gasteiger partial charge in [-0.25, -0.2) is 0 Å². The van der Waals surface area contributed by atoms with Crippen molar-refractivity contribution < 1.29 is 4.79 Å². The Kier molecular flexibility index (Phi) is 3.85. The van der Waals surface area contributed by atoms with E-state index >= 15 is 0 Å². The van der Waals surface area contributed by atoms with Gasteiger partial charge in [-0.3, -0.25) is 4.79 Å². The summed E-state index contributed by atoms with van der Waals surface area (Å²) in [5, 5.41) is 14.4. The largest absolute Gasteiger partial charge is 0.369 e. The lowest BCUT2D eigenvalue weighted by molar-refractivity contribution is 0.0920. The Morgan fingerprint density at radius 2 is 1.95 bits per heavy atom. The summed E-state index contributed by atoms with van der Waals surface area (Å²) in [6.07, 6.45) is 6.06. The fraction of sp³-hybridized carbons (Fsp3) is 0.667. The number of nitrogens with one attached hydrogen (secondary N) is 2. The minimum absolute atomic E-state index is 0.0802. The third-order valence-corrected chi connectivity index (χ3v) is 4.01. The van der Waals surface area contributed by atoms with E-state index in [0.717, 1.165) is 18.8 Å². The molecule has 2 aliphatic carbocycles. The molecule has 20 heavy (non-hydrogen) atoms. The third kappa shape index (κ3) is 3.26. The molecule has 0 aromatic carbocycles. The van der Waals surface area contributed by atoms with Crippen molar-refractivity contribution in [2.75, 3.05) is 11.9 Å². The molecule has 1 heterocycles. The number of hydrogen-bond donors (Lipinski definition) is 2. The molecule has 1 aromatic rings. The second kappa shape index (κ2) is 5.77. The Morgan fingerprint density at radius 3 is 2.45 bits per heavy atom. The van der Waals surface area contributed by atoms with Crippen molar-refractivity contribution >= 4 is 11.7 Å². The molecule has 0 radical (unpaired) electrons. The highest BCUT2D eigenvalue weighted by Gasteiger charge is 2.42. The van der Waals surface area contributed by atoms with Gasteiger partial charge in [0.15, 0.2) is 5.69 Å². The average Bonchev–Trinajstić information content (AvgIpc) is 3.36. The number of nitrogens with zero attached hydrogens (tertiary/aromatic N) is 2. The number of carbonyl (C=O) groups is 1. The molecule has 0 aliphatic heterocycles. The summed E-state index contributed by atoms with van der Waals surface area (Å²) >= 11 is 0. The van der Waals surface area contributed by atoms with Crippen LogP contribution in [0.1, 0.15) is 49.5 Å². The first kappa shape index (κ1) is 13.3. The van der Waals surface area contributed by atoms with Gasteiger partial charge in [0.1, 0.15) is 5.82 Å². The highest BCUT2D eigenvalue weighted by atomic mass is 16.2. The zero-order chi connectivity index (χ0) is 13.9. The van der Waals surface area contributed by atoms with Crippen LogP contribution < -0.4 is 10.6 Å². The van der Waals surface area contributed by atoms with Crippen LogP contribution in [-0.4, -0.2) is 28.7 Å². The van der Waals surface area contributed by atoms with Crippen molar-refractivity contribution in [2.24, 2.45) is 11.8 Å². The maximum atomic E-state index is 12.2. The van der Waals surface area contributed by atoms with Crippen LogP contribution in [0.4, 0.5) is 5.82 Å². The molecule has 5 heteroatoms. The molecular weight excluding hydrogens is 252 g/mol. The molecule has 1 amide bonds. The fourth-order valence-electron chi connectivity index (χ4n) is 2.56. The van der Waals surface area contributed by atoms with E-state index in [1.54, 1.807) is 6.07 Å². The zero-order valence-corrected chi connectivity index (χ0v) is 11.9. The number of hydrogen-bond acceptors (Lipinski definition) is 4. The summed E-state index contributed by atoms with van der Waals surface area (Å²) in [7, 11) is 0. The van der Waals surface area contributed by atoms with E-state index in [2.05, 4.69) is 27.8 Å². The van der Waals surface area contributed by atoms with Gasteiger partial charge in [0.05, 0.1) is 0 Å². The minimum Gasteiger partial charge on any atom is -0.369 e. The fourth-order valence-corrected chi connectivity index (χ4v) is 2.56. The maximum Gasteiger partial charge on any atom is 0.272 e. The molecule has 108 valence electrons. The molecule has 1 aromatic heterocycles. The minimum atomic E-state index is -0.0802. The number of aromatic nitrogens is 2. The van der Waals surface area contributed by atoms with Crippen LogP contribution in [0.15, 0.2) is 12.1 Å². The van der Waals surface area contributed by atoms with Crippen LogP contribution in [0.2, 0.25) is 0 Å². The second-order valence-corrected chi connectivity index (χ2v) is 5.90. The third-order valence-electron chi connectivity index (χ3n) is 4.01. The molecule has 0 atom stereocenters. The van der Waals surface area contributed by atoms with E-state index in [0.29, 0.717) is 23.6 Å². The van der Waals surface area contributed by atoms with Crippen LogP contribution in [-0.2, 0) is 0 Å². The first-order chi connectivity index (χ1) is 9.78. The van der Waals surface area contributed by atoms with Gasteiger partial charge in [-0.05, 0) is 56.1 Å². The van der Waals surface area contributed by atoms with Gasteiger partial charge in [0.25, 0.3) is 5.91 Å². The zero-order valence-electron chi connectivity index (χ0n) is 11.9. The molecule has 5 nitrogen and oxygen atoms in total. The molecule has 0 spiro atoms. The van der Waals surface area contributed by atoms with Gasteiger partial charge < -0.3 is 10.6 Å². The first-order valence-electron chi connectivity index (χ1n) is 7.66. The lowest BCUT2D eigenvalue weighted by Crippen LogP contribution is -2.38. The van der Waals surface area contributed by atoms with Crippen LogP contribution in [0, 0.1) is 11.8 Å². The van der Waals surface area contributed by atoms with E-state index in [1.807, 2.05) is 6.07 Å². The van der Waals surface area contributed by atoms with Crippen molar-refractivity contribution in [1.82, 2.24) is 15.5 Å². The lowest BCUT2D eigenvalue weighted by atomic mass is 10.1. The van der Waals surface area contributed by atoms with Gasteiger partial charge in [-0.2, -0.15) is 0 Å². The number of rotatable bonds is 7. The Labute approximate surface area is 119 Å². The van der Waals surface area contributed by atoms with Crippen LogP contribution in [0.25, 0.3) is 0 Å². The van der Waals surface area contributed by atoms with Gasteiger partial charge in [0, 0.05) is 12.6 Å². The van der Waals surface area contributed by atoms with E-state index in [-0.39, 0.29) is 5.91 Å². The summed E-state index contributed by atoms with van der Waals surface area (Å²) in [5.74, 6) is 2.04. The predicted octanol–water partition coefficient (Wildman–Crippen LogP) is 2.22. The molecular formula is C15H22N4O. The summed E-state index contributed by atoms with van der Waals surface area (Å²) < 4.78 is 0. The number of amides is 1. The van der Waals surface area contributed by atoms with Gasteiger partial charge in [-0.1, -0.05) is 6.92 Å². The van der Waals surface area contributed by atoms with Crippen LogP contribution in [0.5, 0.6) is 0 Å². The molecule has 2 aliphatic rings. The SMILES string of the molecule is CCCNc1ccc(C(=O)NC(C2CC2)C2CC2)nn1. The molecule has 3 rings (SSSR count). The molecule has 0 saturated heterocycles. The summed E-state index contributed by atoms with van der Waals surface area (Å²) in [5.41, 5.74) is 0.415. The van der Waals surface area contributed by atoms with Crippen molar-refractivity contribution in [3.8, 4) is 0 Å². The Bertz CT molecular complexity index is 453. The average molecular weight is 274 g/mol. The molecule has 2 saturated carbocycles. The van der Waals surface area contributed by atoms with Crippen LogP contribution >= 0.6 is 0 Å². The summed E-state index contributed by atoms with van der Waals surface area (Å²) in [4.78, 5) is 12.2. The van der Waals surface area contributed by atoms with Gasteiger partial charge >= 0.3 is 0 Å². The first-order valence-corrected chi connectivity index (χ1v) is 7.66. The van der Waals surface area contributed by atoms with Crippen molar-refractivity contribution in [1.29, 1.82) is 0 Å². The molecule has 2 fully saturated rings. The Balaban J connectivity index is 1.58. The standard InChI is InChI=1S/C15H22N4O/c1-2-9-16-13-8-7-12(18-19-13)15(20)17-14(10-3-4-10)11-5-6-11/h7-8,10-11,14H,2-6,9H2,1H3,(H,16,19)(H,17,20). The molecule has 0 unspecified atom stereocenters. The molecule has 0 bridgehead atoms. The highest BCUT2D eigenvalue weighted by Crippen LogP contribution is 2.44. The topological polar surface area (TPSA) is 66.9 Å². The van der Waals surface area contributed by atoms with Crippen molar-refractivity contribution in [3.63, 3.8) is 0 Å². The normalized spacial score (nSPS) is 18.1. The van der Waals surface area contributed by atoms with Crippen molar-refractivity contribution in [3.05, 3.63) is 17.8 Å². The van der Waals surface area contributed by atoms with E-state index in [4.69, 9.17) is 0 Å². The smallest absolute Gasteiger partial charge is 0.272 e. The second-order valence-electron chi connectivity index (χ2n) is 5.90. The van der Waals surface area contributed by atoms with E-state index < -0.39 is 0 Å². The summed E-state index contributed by atoms with van der Waals surface area (Å²) in [6.45, 7) is 2.96.